The lowest BCUT2D eigenvalue weighted by Crippen LogP contribution is -2.51. The van der Waals surface area contributed by atoms with Gasteiger partial charge < -0.3 is 14.5 Å². The highest BCUT2D eigenvalue weighted by atomic mass is 16.5. The minimum absolute atomic E-state index is 0.0576. The highest BCUT2D eigenvalue weighted by Crippen LogP contribution is 2.28. The van der Waals surface area contributed by atoms with E-state index in [0.717, 1.165) is 23.5 Å². The van der Waals surface area contributed by atoms with Gasteiger partial charge in [-0.1, -0.05) is 12.1 Å². The first kappa shape index (κ1) is 15.4. The number of hydrogen-bond donors (Lipinski definition) is 0. The SMILES string of the molecule is N#Cc1cccc(-c2ccc(N3CCO[C@@H]4CN(C#N)C[C@@H]43)nc2)c1. The van der Waals surface area contributed by atoms with Gasteiger partial charge in [0.1, 0.15) is 5.82 Å². The molecular formula is C19H17N5O. The number of rotatable bonds is 2. The lowest BCUT2D eigenvalue weighted by Gasteiger charge is -2.37. The van der Waals surface area contributed by atoms with Gasteiger partial charge in [-0.3, -0.25) is 0 Å². The summed E-state index contributed by atoms with van der Waals surface area (Å²) in [6, 6.07) is 13.9. The summed E-state index contributed by atoms with van der Waals surface area (Å²) in [5, 5.41) is 18.2. The van der Waals surface area contributed by atoms with Gasteiger partial charge in [0.15, 0.2) is 6.19 Å². The maximum Gasteiger partial charge on any atom is 0.179 e. The topological polar surface area (TPSA) is 76.2 Å². The monoisotopic (exact) mass is 331 g/mol. The zero-order chi connectivity index (χ0) is 17.2. The van der Waals surface area contributed by atoms with E-state index in [9.17, 15) is 0 Å². The van der Waals surface area contributed by atoms with Crippen LogP contribution in [0.4, 0.5) is 5.82 Å². The molecule has 2 saturated heterocycles. The van der Waals surface area contributed by atoms with Gasteiger partial charge in [-0.25, -0.2) is 4.98 Å². The van der Waals surface area contributed by atoms with Gasteiger partial charge in [-0.05, 0) is 29.8 Å². The standard InChI is InChI=1S/C19H17N5O/c20-9-14-2-1-3-15(8-14)16-4-5-19(22-10-16)24-6-7-25-18-12-23(13-21)11-17(18)24/h1-5,8,10,17-18H,6-7,11-12H2/t17-,18+/m0/s1. The van der Waals surface area contributed by atoms with Gasteiger partial charge in [0, 0.05) is 18.3 Å². The molecule has 2 fully saturated rings. The molecule has 2 atom stereocenters. The minimum Gasteiger partial charge on any atom is -0.372 e. The molecule has 3 heterocycles. The number of fused-ring (bicyclic) bond motifs is 1. The van der Waals surface area contributed by atoms with Gasteiger partial charge in [-0.2, -0.15) is 10.5 Å². The largest absolute Gasteiger partial charge is 0.372 e. The zero-order valence-electron chi connectivity index (χ0n) is 13.7. The second-order valence-corrected chi connectivity index (χ2v) is 6.27. The van der Waals surface area contributed by atoms with E-state index in [2.05, 4.69) is 22.1 Å². The predicted molar refractivity (Wildman–Crippen MR) is 92.4 cm³/mol. The number of pyridine rings is 1. The summed E-state index contributed by atoms with van der Waals surface area (Å²) in [6.45, 7) is 2.75. The molecular weight excluding hydrogens is 314 g/mol. The fourth-order valence-electron chi connectivity index (χ4n) is 3.55. The van der Waals surface area contributed by atoms with Crippen molar-refractivity contribution in [2.24, 2.45) is 0 Å². The summed E-state index contributed by atoms with van der Waals surface area (Å²) >= 11 is 0. The van der Waals surface area contributed by atoms with Crippen LogP contribution in [0.3, 0.4) is 0 Å². The number of likely N-dealkylation sites (tertiary alicyclic amines) is 1. The summed E-state index contributed by atoms with van der Waals surface area (Å²) in [4.78, 5) is 8.61. The Bertz CT molecular complexity index is 851. The van der Waals surface area contributed by atoms with E-state index < -0.39 is 0 Å². The molecule has 1 aromatic heterocycles. The number of hydrogen-bond acceptors (Lipinski definition) is 6. The van der Waals surface area contributed by atoms with Crippen LogP contribution in [-0.2, 0) is 4.74 Å². The Morgan fingerprint density at radius 3 is 2.80 bits per heavy atom. The summed E-state index contributed by atoms with van der Waals surface area (Å²) in [5.74, 6) is 0.901. The molecule has 25 heavy (non-hydrogen) atoms. The van der Waals surface area contributed by atoms with Gasteiger partial charge >= 0.3 is 0 Å². The first-order valence-corrected chi connectivity index (χ1v) is 8.28. The molecule has 2 aromatic rings. The molecule has 0 N–H and O–H groups in total. The van der Waals surface area contributed by atoms with Crippen molar-refractivity contribution < 1.29 is 4.74 Å². The van der Waals surface area contributed by atoms with Gasteiger partial charge in [-0.15, -0.1) is 0 Å². The van der Waals surface area contributed by atoms with Crippen molar-refractivity contribution in [3.05, 3.63) is 48.2 Å². The number of nitriles is 2. The molecule has 124 valence electrons. The Labute approximate surface area is 146 Å². The van der Waals surface area contributed by atoms with E-state index in [-0.39, 0.29) is 12.1 Å². The van der Waals surface area contributed by atoms with Crippen LogP contribution < -0.4 is 4.90 Å². The molecule has 2 aliphatic heterocycles. The quantitative estimate of drug-likeness (QED) is 0.783. The van der Waals surface area contributed by atoms with Crippen LogP contribution in [0, 0.1) is 22.8 Å². The molecule has 0 spiro atoms. The van der Waals surface area contributed by atoms with Gasteiger partial charge in [0.2, 0.25) is 0 Å². The molecule has 2 aliphatic rings. The van der Waals surface area contributed by atoms with Crippen LogP contribution in [0.25, 0.3) is 11.1 Å². The van der Waals surface area contributed by atoms with E-state index in [4.69, 9.17) is 15.3 Å². The average molecular weight is 331 g/mol. The lowest BCUT2D eigenvalue weighted by atomic mass is 10.1. The van der Waals surface area contributed by atoms with Crippen molar-refractivity contribution in [2.75, 3.05) is 31.1 Å². The average Bonchev–Trinajstić information content (AvgIpc) is 3.11. The number of benzene rings is 1. The molecule has 0 aliphatic carbocycles. The fraction of sp³-hybridized carbons (Fsp3) is 0.316. The number of ether oxygens (including phenoxy) is 1. The highest BCUT2D eigenvalue weighted by molar-refractivity contribution is 5.65. The van der Waals surface area contributed by atoms with E-state index in [1.54, 1.807) is 11.0 Å². The molecule has 0 unspecified atom stereocenters. The Hall–Kier alpha value is -3.09. The van der Waals surface area contributed by atoms with Crippen LogP contribution in [0.15, 0.2) is 42.6 Å². The molecule has 0 radical (unpaired) electrons. The second-order valence-electron chi connectivity index (χ2n) is 6.27. The van der Waals surface area contributed by atoms with E-state index in [1.165, 1.54) is 0 Å². The third-order valence-electron chi connectivity index (χ3n) is 4.81. The van der Waals surface area contributed by atoms with E-state index in [0.29, 0.717) is 25.3 Å². The summed E-state index contributed by atoms with van der Waals surface area (Å²) < 4.78 is 5.81. The van der Waals surface area contributed by atoms with Crippen molar-refractivity contribution in [1.29, 1.82) is 10.5 Å². The maximum atomic E-state index is 9.14. The Morgan fingerprint density at radius 1 is 1.12 bits per heavy atom. The predicted octanol–water partition coefficient (Wildman–Crippen LogP) is 1.99. The molecule has 0 amide bonds. The van der Waals surface area contributed by atoms with Crippen LogP contribution in [-0.4, -0.2) is 48.3 Å². The van der Waals surface area contributed by atoms with Crippen molar-refractivity contribution in [1.82, 2.24) is 9.88 Å². The minimum atomic E-state index is 0.0576. The molecule has 0 bridgehead atoms. The van der Waals surface area contributed by atoms with Crippen molar-refractivity contribution in [3.8, 4) is 23.4 Å². The van der Waals surface area contributed by atoms with Crippen LogP contribution in [0.2, 0.25) is 0 Å². The van der Waals surface area contributed by atoms with Crippen LogP contribution in [0.5, 0.6) is 0 Å². The van der Waals surface area contributed by atoms with E-state index >= 15 is 0 Å². The normalized spacial score (nSPS) is 22.2. The van der Waals surface area contributed by atoms with E-state index in [1.807, 2.05) is 36.5 Å². The molecule has 1 aromatic carbocycles. The van der Waals surface area contributed by atoms with Crippen LogP contribution in [0.1, 0.15) is 5.56 Å². The Kier molecular flexibility index (Phi) is 3.97. The summed E-state index contributed by atoms with van der Waals surface area (Å²) in [5.41, 5.74) is 2.60. The van der Waals surface area contributed by atoms with Crippen molar-refractivity contribution in [3.63, 3.8) is 0 Å². The lowest BCUT2D eigenvalue weighted by molar-refractivity contribution is 0.0323. The number of morpholine rings is 1. The first-order valence-electron chi connectivity index (χ1n) is 8.28. The first-order chi connectivity index (χ1) is 12.3. The third kappa shape index (κ3) is 2.88. The van der Waals surface area contributed by atoms with Crippen molar-refractivity contribution in [2.45, 2.75) is 12.1 Å². The number of anilines is 1. The van der Waals surface area contributed by atoms with Gasteiger partial charge in [0.05, 0.1) is 43.5 Å². The maximum absolute atomic E-state index is 9.14. The zero-order valence-corrected chi connectivity index (χ0v) is 13.7. The second kappa shape index (κ2) is 6.43. The highest BCUT2D eigenvalue weighted by Gasteiger charge is 2.40. The summed E-state index contributed by atoms with van der Waals surface area (Å²) in [7, 11) is 0. The Morgan fingerprint density at radius 2 is 2.04 bits per heavy atom. The van der Waals surface area contributed by atoms with Crippen LogP contribution >= 0.6 is 0 Å². The molecule has 0 saturated carbocycles. The smallest absolute Gasteiger partial charge is 0.179 e. The molecule has 6 heteroatoms. The fourth-order valence-corrected chi connectivity index (χ4v) is 3.55. The summed E-state index contributed by atoms with van der Waals surface area (Å²) in [6.07, 6.45) is 4.11. The molecule has 4 rings (SSSR count). The Balaban J connectivity index is 1.58. The third-order valence-corrected chi connectivity index (χ3v) is 4.81. The molecule has 6 nitrogen and oxygen atoms in total. The number of nitrogens with zero attached hydrogens (tertiary/aromatic N) is 5. The number of aromatic nitrogens is 1. The van der Waals surface area contributed by atoms with Crippen molar-refractivity contribution >= 4 is 5.82 Å². The van der Waals surface area contributed by atoms with Gasteiger partial charge in [0.25, 0.3) is 0 Å².